The first-order valence-electron chi connectivity index (χ1n) is 11.8. The minimum atomic E-state index is 0.623. The Morgan fingerprint density at radius 1 is 1.06 bits per heavy atom. The second kappa shape index (κ2) is 15.8. The van der Waals surface area contributed by atoms with Crippen molar-refractivity contribution in [2.45, 2.75) is 46.5 Å². The van der Waals surface area contributed by atoms with Crippen LogP contribution in [-0.2, 0) is 15.9 Å². The van der Waals surface area contributed by atoms with E-state index < -0.39 is 0 Å². The van der Waals surface area contributed by atoms with Gasteiger partial charge in [0.05, 0.1) is 13.2 Å². The fourth-order valence-corrected chi connectivity index (χ4v) is 3.44. The fraction of sp³-hybridized carbons (Fsp3) is 0.708. The normalized spacial score (nSPS) is 15.0. The predicted molar refractivity (Wildman–Crippen MR) is 125 cm³/mol. The molecule has 1 aliphatic rings. The Morgan fingerprint density at radius 2 is 1.84 bits per heavy atom. The second-order valence-electron chi connectivity index (χ2n) is 7.57. The van der Waals surface area contributed by atoms with Gasteiger partial charge in [0.25, 0.3) is 0 Å². The topological polar surface area (TPSA) is 73.3 Å². The Morgan fingerprint density at radius 3 is 2.58 bits per heavy atom. The van der Waals surface area contributed by atoms with E-state index in [1.54, 1.807) is 0 Å². The third kappa shape index (κ3) is 10.2. The molecule has 0 amide bonds. The van der Waals surface area contributed by atoms with E-state index in [1.165, 1.54) is 5.56 Å². The van der Waals surface area contributed by atoms with Crippen molar-refractivity contribution in [2.24, 2.45) is 10.9 Å². The zero-order chi connectivity index (χ0) is 22.2. The third-order valence-corrected chi connectivity index (χ3v) is 5.07. The van der Waals surface area contributed by atoms with E-state index in [1.807, 2.05) is 19.9 Å². The van der Waals surface area contributed by atoms with E-state index in [0.717, 1.165) is 89.2 Å². The molecule has 31 heavy (non-hydrogen) atoms. The summed E-state index contributed by atoms with van der Waals surface area (Å²) in [6, 6.07) is 6.15. The van der Waals surface area contributed by atoms with Gasteiger partial charge in [-0.25, -0.2) is 0 Å². The van der Waals surface area contributed by atoms with Gasteiger partial charge in [0.2, 0.25) is 0 Å². The molecule has 7 nitrogen and oxygen atoms in total. The third-order valence-electron chi connectivity index (χ3n) is 5.07. The highest BCUT2D eigenvalue weighted by atomic mass is 16.5. The zero-order valence-electron chi connectivity index (χ0n) is 19.6. The SMILES string of the molecule is CCNC(=NCCCOCC1CCOCC1)NCCc1ccc(OCC)c(OCC)c1. The highest BCUT2D eigenvalue weighted by Gasteiger charge is 2.13. The molecular formula is C24H41N3O4. The minimum Gasteiger partial charge on any atom is -0.490 e. The van der Waals surface area contributed by atoms with Crippen LogP contribution in [0.1, 0.15) is 45.6 Å². The van der Waals surface area contributed by atoms with E-state index in [9.17, 15) is 0 Å². The molecule has 2 rings (SSSR count). The van der Waals surface area contributed by atoms with Gasteiger partial charge in [0.15, 0.2) is 17.5 Å². The summed E-state index contributed by atoms with van der Waals surface area (Å²) < 4.78 is 22.6. The molecule has 0 bridgehead atoms. The fourth-order valence-electron chi connectivity index (χ4n) is 3.44. The Balaban J connectivity index is 1.70. The van der Waals surface area contributed by atoms with Crippen molar-refractivity contribution >= 4 is 5.96 Å². The average molecular weight is 436 g/mol. The zero-order valence-corrected chi connectivity index (χ0v) is 19.6. The van der Waals surface area contributed by atoms with E-state index in [-0.39, 0.29) is 0 Å². The Kier molecular flexibility index (Phi) is 12.8. The van der Waals surface area contributed by atoms with Crippen LogP contribution in [0.4, 0.5) is 0 Å². The number of guanidine groups is 1. The molecule has 1 aromatic rings. The summed E-state index contributed by atoms with van der Waals surface area (Å²) >= 11 is 0. The highest BCUT2D eigenvalue weighted by Crippen LogP contribution is 2.28. The lowest BCUT2D eigenvalue weighted by molar-refractivity contribution is 0.0205. The van der Waals surface area contributed by atoms with Crippen LogP contribution >= 0.6 is 0 Å². The average Bonchev–Trinajstić information content (AvgIpc) is 2.78. The maximum Gasteiger partial charge on any atom is 0.191 e. The van der Waals surface area contributed by atoms with Crippen LogP contribution in [0.5, 0.6) is 11.5 Å². The predicted octanol–water partition coefficient (Wildman–Crippen LogP) is 3.41. The lowest BCUT2D eigenvalue weighted by atomic mass is 10.0. The van der Waals surface area contributed by atoms with Crippen molar-refractivity contribution in [3.8, 4) is 11.5 Å². The molecule has 1 aromatic carbocycles. The monoisotopic (exact) mass is 435 g/mol. The number of ether oxygens (including phenoxy) is 4. The maximum atomic E-state index is 5.82. The molecule has 1 aliphatic heterocycles. The van der Waals surface area contributed by atoms with E-state index in [4.69, 9.17) is 18.9 Å². The van der Waals surface area contributed by atoms with Crippen molar-refractivity contribution in [3.63, 3.8) is 0 Å². The lowest BCUT2D eigenvalue weighted by Crippen LogP contribution is -2.38. The first-order chi connectivity index (χ1) is 15.3. The van der Waals surface area contributed by atoms with Crippen molar-refractivity contribution < 1.29 is 18.9 Å². The molecule has 0 unspecified atom stereocenters. The standard InChI is InChI=1S/C24H41N3O4/c1-4-25-24(26-13-7-15-29-19-21-11-16-28-17-12-21)27-14-10-20-8-9-22(30-5-2)23(18-20)31-6-3/h8-9,18,21H,4-7,10-17,19H2,1-3H3,(H2,25,26,27). The van der Waals surface area contributed by atoms with Gasteiger partial charge in [0, 0.05) is 46.1 Å². The number of rotatable bonds is 14. The van der Waals surface area contributed by atoms with Crippen LogP contribution in [0.3, 0.4) is 0 Å². The van der Waals surface area contributed by atoms with E-state index >= 15 is 0 Å². The largest absolute Gasteiger partial charge is 0.490 e. The molecule has 1 heterocycles. The van der Waals surface area contributed by atoms with Crippen LogP contribution in [0.15, 0.2) is 23.2 Å². The molecular weight excluding hydrogens is 394 g/mol. The number of benzene rings is 1. The summed E-state index contributed by atoms with van der Waals surface area (Å²) in [7, 11) is 0. The van der Waals surface area contributed by atoms with Gasteiger partial charge in [0.1, 0.15) is 0 Å². The molecule has 1 fully saturated rings. The van der Waals surface area contributed by atoms with Crippen molar-refractivity contribution in [2.75, 3.05) is 59.3 Å². The number of hydrogen-bond donors (Lipinski definition) is 2. The van der Waals surface area contributed by atoms with Crippen molar-refractivity contribution in [1.29, 1.82) is 0 Å². The summed E-state index contributed by atoms with van der Waals surface area (Å²) in [6.07, 6.45) is 4.04. The molecule has 0 radical (unpaired) electrons. The molecule has 7 heteroatoms. The van der Waals surface area contributed by atoms with Gasteiger partial charge in [-0.1, -0.05) is 6.07 Å². The summed E-state index contributed by atoms with van der Waals surface area (Å²) in [5, 5.41) is 6.72. The molecule has 0 aliphatic carbocycles. The molecule has 0 aromatic heterocycles. The molecule has 0 saturated carbocycles. The van der Waals surface area contributed by atoms with E-state index in [2.05, 4.69) is 34.7 Å². The van der Waals surface area contributed by atoms with Crippen LogP contribution in [0, 0.1) is 5.92 Å². The van der Waals surface area contributed by atoms with E-state index in [0.29, 0.717) is 19.1 Å². The van der Waals surface area contributed by atoms with Crippen molar-refractivity contribution in [3.05, 3.63) is 23.8 Å². The Bertz CT molecular complexity index is 633. The van der Waals surface area contributed by atoms with Gasteiger partial charge >= 0.3 is 0 Å². The van der Waals surface area contributed by atoms with Gasteiger partial charge < -0.3 is 29.6 Å². The van der Waals surface area contributed by atoms with Crippen molar-refractivity contribution in [1.82, 2.24) is 10.6 Å². The van der Waals surface area contributed by atoms with Crippen LogP contribution in [0.25, 0.3) is 0 Å². The lowest BCUT2D eigenvalue weighted by Gasteiger charge is -2.21. The Hall–Kier alpha value is -1.99. The Labute approximate surface area is 187 Å². The first-order valence-corrected chi connectivity index (χ1v) is 11.8. The smallest absolute Gasteiger partial charge is 0.191 e. The summed E-state index contributed by atoms with van der Waals surface area (Å²) in [5.74, 6) is 3.11. The second-order valence-corrected chi connectivity index (χ2v) is 7.57. The molecule has 0 spiro atoms. The molecule has 1 saturated heterocycles. The van der Waals surface area contributed by atoms with Crippen LogP contribution in [-0.4, -0.2) is 65.2 Å². The van der Waals surface area contributed by atoms with Gasteiger partial charge in [-0.3, -0.25) is 4.99 Å². The maximum absolute atomic E-state index is 5.82. The van der Waals surface area contributed by atoms with Crippen LogP contribution < -0.4 is 20.1 Å². The minimum absolute atomic E-state index is 0.623. The number of aliphatic imine (C=N–C) groups is 1. The molecule has 176 valence electrons. The number of nitrogens with one attached hydrogen (secondary N) is 2. The van der Waals surface area contributed by atoms with Gasteiger partial charge in [-0.15, -0.1) is 0 Å². The van der Waals surface area contributed by atoms with Crippen LogP contribution in [0.2, 0.25) is 0 Å². The van der Waals surface area contributed by atoms with Gasteiger partial charge in [-0.05, 0) is 70.1 Å². The number of hydrogen-bond acceptors (Lipinski definition) is 5. The quantitative estimate of drug-likeness (QED) is 0.265. The summed E-state index contributed by atoms with van der Waals surface area (Å²) in [5.41, 5.74) is 1.21. The summed E-state index contributed by atoms with van der Waals surface area (Å²) in [4.78, 5) is 4.66. The first kappa shape index (κ1) is 25.3. The highest BCUT2D eigenvalue weighted by molar-refractivity contribution is 5.79. The molecule has 0 atom stereocenters. The molecule has 2 N–H and O–H groups in total. The number of nitrogens with zero attached hydrogens (tertiary/aromatic N) is 1. The summed E-state index contributed by atoms with van der Waals surface area (Å²) in [6.45, 7) is 13.0. The van der Waals surface area contributed by atoms with Gasteiger partial charge in [-0.2, -0.15) is 0 Å².